The molecule has 1 saturated carbocycles. The van der Waals surface area contributed by atoms with Crippen LogP contribution in [0.2, 0.25) is 0 Å². The maximum absolute atomic E-state index is 5.75. The summed E-state index contributed by atoms with van der Waals surface area (Å²) in [5.74, 6) is 0. The third-order valence-electron chi connectivity index (χ3n) is 3.99. The highest BCUT2D eigenvalue weighted by Gasteiger charge is 2.48. The second kappa shape index (κ2) is 5.68. The van der Waals surface area contributed by atoms with Crippen LogP contribution in [-0.4, -0.2) is 37.4 Å². The zero-order valence-electron chi connectivity index (χ0n) is 12.4. The average molecular weight is 242 g/mol. The van der Waals surface area contributed by atoms with Crippen LogP contribution in [0.1, 0.15) is 48.0 Å². The zero-order valence-corrected chi connectivity index (χ0v) is 12.4. The second-order valence-corrected chi connectivity index (χ2v) is 6.35. The molecule has 2 unspecified atom stereocenters. The van der Waals surface area contributed by atoms with Gasteiger partial charge in [0.05, 0.1) is 6.10 Å². The minimum Gasteiger partial charge on any atom is -0.378 e. The molecule has 0 bridgehead atoms. The van der Waals surface area contributed by atoms with Gasteiger partial charge in [0.1, 0.15) is 0 Å². The van der Waals surface area contributed by atoms with Gasteiger partial charge in [0.15, 0.2) is 0 Å². The summed E-state index contributed by atoms with van der Waals surface area (Å²) in [5.41, 5.74) is 0.430. The summed E-state index contributed by atoms with van der Waals surface area (Å²) in [4.78, 5) is 0. The lowest BCUT2D eigenvalue weighted by atomic mass is 9.64. The van der Waals surface area contributed by atoms with Crippen molar-refractivity contribution < 1.29 is 4.74 Å². The number of hydrogen-bond donors (Lipinski definition) is 2. The van der Waals surface area contributed by atoms with E-state index >= 15 is 0 Å². The van der Waals surface area contributed by atoms with Gasteiger partial charge in [-0.15, -0.1) is 0 Å². The first-order valence-corrected chi connectivity index (χ1v) is 6.93. The van der Waals surface area contributed by atoms with E-state index in [0.717, 1.165) is 26.1 Å². The molecule has 1 aliphatic rings. The summed E-state index contributed by atoms with van der Waals surface area (Å²) < 4.78 is 5.75. The van der Waals surface area contributed by atoms with Gasteiger partial charge in [0, 0.05) is 30.1 Å². The second-order valence-electron chi connectivity index (χ2n) is 6.35. The largest absolute Gasteiger partial charge is 0.378 e. The fourth-order valence-corrected chi connectivity index (χ4v) is 2.64. The van der Waals surface area contributed by atoms with E-state index in [1.807, 2.05) is 0 Å². The SMILES string of the molecule is CCNC(C)(C)CNC1CC(OCC)C1(C)C. The number of nitrogens with one attached hydrogen (secondary N) is 2. The lowest BCUT2D eigenvalue weighted by Crippen LogP contribution is -2.63. The molecule has 0 aromatic rings. The first kappa shape index (κ1) is 14.9. The summed E-state index contributed by atoms with van der Waals surface area (Å²) in [6.07, 6.45) is 1.57. The lowest BCUT2D eigenvalue weighted by Gasteiger charge is -2.52. The van der Waals surface area contributed by atoms with Crippen molar-refractivity contribution in [3.63, 3.8) is 0 Å². The third kappa shape index (κ3) is 3.67. The van der Waals surface area contributed by atoms with Crippen molar-refractivity contribution >= 4 is 0 Å². The van der Waals surface area contributed by atoms with Crippen molar-refractivity contribution in [2.45, 2.75) is 65.6 Å². The molecule has 1 aliphatic carbocycles. The van der Waals surface area contributed by atoms with Crippen LogP contribution >= 0.6 is 0 Å². The lowest BCUT2D eigenvalue weighted by molar-refractivity contribution is -0.114. The van der Waals surface area contributed by atoms with Gasteiger partial charge in [0.2, 0.25) is 0 Å². The highest BCUT2D eigenvalue weighted by atomic mass is 16.5. The molecule has 1 rings (SSSR count). The van der Waals surface area contributed by atoms with Crippen LogP contribution in [0, 0.1) is 5.41 Å². The molecule has 2 atom stereocenters. The molecule has 3 nitrogen and oxygen atoms in total. The fraction of sp³-hybridized carbons (Fsp3) is 1.00. The van der Waals surface area contributed by atoms with Gasteiger partial charge in [-0.05, 0) is 33.7 Å². The summed E-state index contributed by atoms with van der Waals surface area (Å²) in [6.45, 7) is 16.2. The Labute approximate surface area is 107 Å². The summed E-state index contributed by atoms with van der Waals surface area (Å²) in [6, 6.07) is 0.581. The Balaban J connectivity index is 2.35. The van der Waals surface area contributed by atoms with E-state index in [2.05, 4.69) is 52.2 Å². The molecule has 0 amide bonds. The Kier molecular flexibility index (Phi) is 4.99. The third-order valence-corrected chi connectivity index (χ3v) is 3.99. The molecule has 3 heteroatoms. The first-order valence-electron chi connectivity index (χ1n) is 6.93. The van der Waals surface area contributed by atoms with Crippen molar-refractivity contribution in [3.8, 4) is 0 Å². The minimum absolute atomic E-state index is 0.168. The molecular formula is C14H30N2O. The van der Waals surface area contributed by atoms with Crippen LogP contribution in [-0.2, 0) is 4.74 Å². The number of hydrogen-bond acceptors (Lipinski definition) is 3. The molecule has 0 saturated heterocycles. The number of rotatable bonds is 7. The average Bonchev–Trinajstić information content (AvgIpc) is 2.22. The van der Waals surface area contributed by atoms with Gasteiger partial charge in [0.25, 0.3) is 0 Å². The molecule has 0 aromatic heterocycles. The molecule has 1 fully saturated rings. The van der Waals surface area contributed by atoms with E-state index in [1.165, 1.54) is 0 Å². The highest BCUT2D eigenvalue weighted by Crippen LogP contribution is 2.42. The van der Waals surface area contributed by atoms with Gasteiger partial charge in [-0.2, -0.15) is 0 Å². The van der Waals surface area contributed by atoms with E-state index < -0.39 is 0 Å². The van der Waals surface area contributed by atoms with Crippen LogP contribution in [0.5, 0.6) is 0 Å². The molecule has 2 N–H and O–H groups in total. The predicted octanol–water partition coefficient (Wildman–Crippen LogP) is 2.17. The zero-order chi connectivity index (χ0) is 13.1. The van der Waals surface area contributed by atoms with E-state index in [-0.39, 0.29) is 11.0 Å². The Morgan fingerprint density at radius 3 is 2.41 bits per heavy atom. The van der Waals surface area contributed by atoms with Gasteiger partial charge in [-0.25, -0.2) is 0 Å². The van der Waals surface area contributed by atoms with Gasteiger partial charge < -0.3 is 15.4 Å². The molecule has 17 heavy (non-hydrogen) atoms. The maximum Gasteiger partial charge on any atom is 0.0655 e. The van der Waals surface area contributed by atoms with Gasteiger partial charge >= 0.3 is 0 Å². The van der Waals surface area contributed by atoms with Crippen molar-refractivity contribution in [1.82, 2.24) is 10.6 Å². The molecule has 0 aliphatic heterocycles. The van der Waals surface area contributed by atoms with Crippen molar-refractivity contribution in [2.24, 2.45) is 5.41 Å². The summed E-state index contributed by atoms with van der Waals surface area (Å²) in [5, 5.41) is 7.18. The van der Waals surface area contributed by atoms with E-state index in [0.29, 0.717) is 12.1 Å². The monoisotopic (exact) mass is 242 g/mol. The summed E-state index contributed by atoms with van der Waals surface area (Å²) >= 11 is 0. The van der Waals surface area contributed by atoms with Gasteiger partial charge in [-0.3, -0.25) is 0 Å². The smallest absolute Gasteiger partial charge is 0.0655 e. The van der Waals surface area contributed by atoms with Crippen LogP contribution < -0.4 is 10.6 Å². The molecule has 0 heterocycles. The van der Waals surface area contributed by atoms with E-state index in [9.17, 15) is 0 Å². The predicted molar refractivity (Wildman–Crippen MR) is 73.4 cm³/mol. The Bertz CT molecular complexity index is 238. The van der Waals surface area contributed by atoms with Crippen molar-refractivity contribution in [3.05, 3.63) is 0 Å². The number of likely N-dealkylation sites (N-methyl/N-ethyl adjacent to an activating group) is 1. The molecule has 0 spiro atoms. The minimum atomic E-state index is 0.168. The van der Waals surface area contributed by atoms with Gasteiger partial charge in [-0.1, -0.05) is 20.8 Å². The number of ether oxygens (including phenoxy) is 1. The van der Waals surface area contributed by atoms with E-state index in [4.69, 9.17) is 4.74 Å². The maximum atomic E-state index is 5.75. The molecular weight excluding hydrogens is 212 g/mol. The van der Waals surface area contributed by atoms with Crippen molar-refractivity contribution in [1.29, 1.82) is 0 Å². The van der Waals surface area contributed by atoms with Crippen LogP contribution in [0.25, 0.3) is 0 Å². The van der Waals surface area contributed by atoms with Crippen LogP contribution in [0.3, 0.4) is 0 Å². The Morgan fingerprint density at radius 2 is 1.94 bits per heavy atom. The van der Waals surface area contributed by atoms with E-state index in [1.54, 1.807) is 0 Å². The molecule has 102 valence electrons. The molecule has 0 aromatic carbocycles. The standard InChI is InChI=1S/C14H30N2O/c1-7-16-13(3,4)10-15-11-9-12(17-8-2)14(11,5)6/h11-12,15-16H,7-10H2,1-6H3. The van der Waals surface area contributed by atoms with Crippen LogP contribution in [0.4, 0.5) is 0 Å². The fourth-order valence-electron chi connectivity index (χ4n) is 2.64. The first-order chi connectivity index (χ1) is 7.83. The topological polar surface area (TPSA) is 33.3 Å². The highest BCUT2D eigenvalue weighted by molar-refractivity contribution is 5.03. The Morgan fingerprint density at radius 1 is 1.29 bits per heavy atom. The van der Waals surface area contributed by atoms with Crippen LogP contribution in [0.15, 0.2) is 0 Å². The van der Waals surface area contributed by atoms with Crippen molar-refractivity contribution in [2.75, 3.05) is 19.7 Å². The molecule has 0 radical (unpaired) electrons. The summed E-state index contributed by atoms with van der Waals surface area (Å²) in [7, 11) is 0. The quantitative estimate of drug-likeness (QED) is 0.718. The normalized spacial score (nSPS) is 27.9. The Hall–Kier alpha value is -0.120.